The molecule has 0 fully saturated rings. The van der Waals surface area contributed by atoms with Crippen LogP contribution in [0.15, 0.2) is 84.9 Å². The molecule has 36 heavy (non-hydrogen) atoms. The molecule has 0 radical (unpaired) electrons. The maximum Gasteiger partial charge on any atom is 0.143 e. The first-order valence-corrected chi connectivity index (χ1v) is 12.6. The van der Waals surface area contributed by atoms with Gasteiger partial charge in [-0.3, -0.25) is 0 Å². The summed E-state index contributed by atoms with van der Waals surface area (Å²) in [5.74, 6) is 1.80. The fourth-order valence-electron chi connectivity index (χ4n) is 4.89. The predicted molar refractivity (Wildman–Crippen MR) is 147 cm³/mol. The first-order valence-electron chi connectivity index (χ1n) is 12.6. The second kappa shape index (κ2) is 11.0. The van der Waals surface area contributed by atoms with Crippen LogP contribution in [-0.4, -0.2) is 39.5 Å². The maximum atomic E-state index is 6.43. The van der Waals surface area contributed by atoms with Gasteiger partial charge in [0.15, 0.2) is 0 Å². The molecule has 5 heteroatoms. The SMILES string of the molecule is COCCOc1ccc(N2CC(CNC(C)c3cccc4ccccc34)Oc3ccccc32)cc1C. The van der Waals surface area contributed by atoms with Gasteiger partial charge in [-0.05, 0) is 66.1 Å². The molecule has 4 aromatic rings. The zero-order valence-electron chi connectivity index (χ0n) is 21.2. The van der Waals surface area contributed by atoms with Crippen LogP contribution in [0.4, 0.5) is 11.4 Å². The summed E-state index contributed by atoms with van der Waals surface area (Å²) in [6, 6.07) is 29.9. The van der Waals surface area contributed by atoms with Gasteiger partial charge < -0.3 is 24.4 Å². The van der Waals surface area contributed by atoms with Crippen molar-refractivity contribution in [1.29, 1.82) is 0 Å². The molecular formula is C31H34N2O3. The average molecular weight is 483 g/mol. The Bertz CT molecular complexity index is 1320. The minimum Gasteiger partial charge on any atom is -0.491 e. The van der Waals surface area contributed by atoms with E-state index < -0.39 is 0 Å². The molecule has 0 saturated carbocycles. The molecule has 5 rings (SSSR count). The molecule has 1 N–H and O–H groups in total. The molecule has 0 spiro atoms. The summed E-state index contributed by atoms with van der Waals surface area (Å²) in [6.07, 6.45) is 0.00950. The number of fused-ring (bicyclic) bond motifs is 2. The Kier molecular flexibility index (Phi) is 7.40. The zero-order valence-corrected chi connectivity index (χ0v) is 21.2. The van der Waals surface area contributed by atoms with Crippen LogP contribution in [0.2, 0.25) is 0 Å². The van der Waals surface area contributed by atoms with E-state index in [1.165, 1.54) is 16.3 Å². The van der Waals surface area contributed by atoms with E-state index in [1.807, 2.05) is 12.1 Å². The molecule has 0 saturated heterocycles. The minimum absolute atomic E-state index is 0.00950. The highest BCUT2D eigenvalue weighted by molar-refractivity contribution is 5.86. The van der Waals surface area contributed by atoms with Gasteiger partial charge in [-0.15, -0.1) is 0 Å². The second-order valence-electron chi connectivity index (χ2n) is 9.31. The van der Waals surface area contributed by atoms with E-state index in [0.717, 1.165) is 41.5 Å². The lowest BCUT2D eigenvalue weighted by molar-refractivity contribution is 0.146. The molecule has 1 heterocycles. The predicted octanol–water partition coefficient (Wildman–Crippen LogP) is 6.42. The quantitative estimate of drug-likeness (QED) is 0.279. The Morgan fingerprint density at radius 2 is 1.78 bits per heavy atom. The monoisotopic (exact) mass is 482 g/mol. The van der Waals surface area contributed by atoms with E-state index in [4.69, 9.17) is 14.2 Å². The van der Waals surface area contributed by atoms with Crippen molar-refractivity contribution in [2.45, 2.75) is 26.0 Å². The average Bonchev–Trinajstić information content (AvgIpc) is 2.92. The summed E-state index contributed by atoms with van der Waals surface area (Å²) in [5.41, 5.74) is 4.63. The molecule has 1 aliphatic rings. The van der Waals surface area contributed by atoms with Crippen LogP contribution in [0.3, 0.4) is 0 Å². The Morgan fingerprint density at radius 1 is 0.972 bits per heavy atom. The van der Waals surface area contributed by atoms with Crippen LogP contribution in [0.5, 0.6) is 11.5 Å². The minimum atomic E-state index is 0.00950. The van der Waals surface area contributed by atoms with Gasteiger partial charge >= 0.3 is 0 Å². The number of methoxy groups -OCH3 is 1. The van der Waals surface area contributed by atoms with Gasteiger partial charge in [-0.25, -0.2) is 0 Å². The standard InChI is InChI=1S/C31H34N2O3/c1-22-19-25(15-16-30(22)35-18-17-34-3)33-21-26(36-31-14-7-6-13-29(31)33)20-32-23(2)27-12-8-10-24-9-4-5-11-28(24)27/h4-16,19,23,26,32H,17-18,20-21H2,1-3H3. The van der Waals surface area contributed by atoms with Gasteiger partial charge in [0.05, 0.1) is 18.8 Å². The number of anilines is 2. The van der Waals surface area contributed by atoms with Crippen molar-refractivity contribution in [3.8, 4) is 11.5 Å². The lowest BCUT2D eigenvalue weighted by Crippen LogP contribution is -2.44. The molecule has 2 unspecified atom stereocenters. The number of nitrogens with zero attached hydrogens (tertiary/aromatic N) is 1. The Balaban J connectivity index is 1.33. The molecule has 4 aromatic carbocycles. The van der Waals surface area contributed by atoms with Crippen LogP contribution < -0.4 is 19.7 Å². The largest absolute Gasteiger partial charge is 0.491 e. The first-order chi connectivity index (χ1) is 17.6. The normalized spacial score (nSPS) is 15.9. The Morgan fingerprint density at radius 3 is 2.64 bits per heavy atom. The number of rotatable bonds is 9. The van der Waals surface area contributed by atoms with Crippen LogP contribution in [0.25, 0.3) is 10.8 Å². The number of nitrogens with one attached hydrogen (secondary N) is 1. The maximum absolute atomic E-state index is 6.43. The number of ether oxygens (including phenoxy) is 3. The Hall–Kier alpha value is -3.54. The summed E-state index contributed by atoms with van der Waals surface area (Å²) in [7, 11) is 1.68. The van der Waals surface area contributed by atoms with Crippen LogP contribution in [0.1, 0.15) is 24.1 Å². The van der Waals surface area contributed by atoms with Crippen molar-refractivity contribution in [3.05, 3.63) is 96.1 Å². The third-order valence-corrected chi connectivity index (χ3v) is 6.79. The topological polar surface area (TPSA) is 43.0 Å². The van der Waals surface area contributed by atoms with Gasteiger partial charge in [0.1, 0.15) is 24.2 Å². The van der Waals surface area contributed by atoms with Crippen LogP contribution >= 0.6 is 0 Å². The fourth-order valence-corrected chi connectivity index (χ4v) is 4.89. The smallest absolute Gasteiger partial charge is 0.143 e. The van der Waals surface area contributed by atoms with Crippen molar-refractivity contribution in [2.24, 2.45) is 0 Å². The molecule has 2 atom stereocenters. The van der Waals surface area contributed by atoms with Gasteiger partial charge in [0.25, 0.3) is 0 Å². The lowest BCUT2D eigenvalue weighted by Gasteiger charge is -2.37. The lowest BCUT2D eigenvalue weighted by atomic mass is 9.99. The van der Waals surface area contributed by atoms with Gasteiger partial charge in [0, 0.05) is 25.4 Å². The zero-order chi connectivity index (χ0) is 24.9. The number of hydrogen-bond acceptors (Lipinski definition) is 5. The molecule has 1 aliphatic heterocycles. The highest BCUT2D eigenvalue weighted by Crippen LogP contribution is 2.39. The van der Waals surface area contributed by atoms with E-state index >= 15 is 0 Å². The Labute approximate surface area is 213 Å². The molecule has 5 nitrogen and oxygen atoms in total. The number of aryl methyl sites for hydroxylation is 1. The van der Waals surface area contributed by atoms with Crippen molar-refractivity contribution in [2.75, 3.05) is 38.3 Å². The number of benzene rings is 4. The van der Waals surface area contributed by atoms with E-state index in [9.17, 15) is 0 Å². The van der Waals surface area contributed by atoms with Gasteiger partial charge in [-0.2, -0.15) is 0 Å². The van der Waals surface area contributed by atoms with Crippen molar-refractivity contribution in [1.82, 2.24) is 5.32 Å². The van der Waals surface area contributed by atoms with E-state index in [0.29, 0.717) is 13.2 Å². The van der Waals surface area contributed by atoms with Crippen LogP contribution in [0, 0.1) is 6.92 Å². The first kappa shape index (κ1) is 24.2. The highest BCUT2D eigenvalue weighted by Gasteiger charge is 2.27. The summed E-state index contributed by atoms with van der Waals surface area (Å²) in [4.78, 5) is 2.35. The summed E-state index contributed by atoms with van der Waals surface area (Å²) >= 11 is 0. The molecule has 0 aliphatic carbocycles. The van der Waals surface area contributed by atoms with Gasteiger partial charge in [-0.1, -0.05) is 54.6 Å². The third kappa shape index (κ3) is 5.18. The van der Waals surface area contributed by atoms with E-state index in [-0.39, 0.29) is 12.1 Å². The van der Waals surface area contributed by atoms with Gasteiger partial charge in [0.2, 0.25) is 0 Å². The highest BCUT2D eigenvalue weighted by atomic mass is 16.5. The fraction of sp³-hybridized carbons (Fsp3) is 0.290. The third-order valence-electron chi connectivity index (χ3n) is 6.79. The second-order valence-corrected chi connectivity index (χ2v) is 9.31. The van der Waals surface area contributed by atoms with Crippen molar-refractivity contribution < 1.29 is 14.2 Å². The number of para-hydroxylation sites is 2. The molecule has 186 valence electrons. The van der Waals surface area contributed by atoms with Crippen molar-refractivity contribution in [3.63, 3.8) is 0 Å². The molecule has 0 aromatic heterocycles. The summed E-state index contributed by atoms with van der Waals surface area (Å²) < 4.78 is 17.4. The van der Waals surface area contributed by atoms with E-state index in [1.54, 1.807) is 7.11 Å². The van der Waals surface area contributed by atoms with Crippen LogP contribution in [-0.2, 0) is 4.74 Å². The summed E-state index contributed by atoms with van der Waals surface area (Å²) in [5, 5.41) is 6.29. The molecule has 0 amide bonds. The molecule has 0 bridgehead atoms. The molecular weight excluding hydrogens is 448 g/mol. The van der Waals surface area contributed by atoms with Crippen molar-refractivity contribution >= 4 is 22.1 Å². The summed E-state index contributed by atoms with van der Waals surface area (Å²) in [6.45, 7) is 6.93. The number of hydrogen-bond donors (Lipinski definition) is 1. The van der Waals surface area contributed by atoms with E-state index in [2.05, 4.69) is 96.9 Å².